The molecule has 1 aromatic carbocycles. The number of amides is 1. The van der Waals surface area contributed by atoms with Crippen LogP contribution in [0.4, 0.5) is 5.69 Å². The fourth-order valence-electron chi connectivity index (χ4n) is 3.01. The largest absolute Gasteiger partial charge is 0.325 e. The fourth-order valence-corrected chi connectivity index (χ4v) is 4.17. The number of carbonyl (C=O) groups is 1. The minimum absolute atomic E-state index is 0.101. The minimum atomic E-state index is -0.101. The van der Waals surface area contributed by atoms with Gasteiger partial charge in [0.25, 0.3) is 0 Å². The number of hydrogen-bond donors (Lipinski definition) is 1. The Morgan fingerprint density at radius 3 is 2.75 bits per heavy atom. The van der Waals surface area contributed by atoms with Crippen LogP contribution < -0.4 is 5.32 Å². The molecule has 0 bridgehead atoms. The summed E-state index contributed by atoms with van der Waals surface area (Å²) in [5.74, 6) is 0.818. The second-order valence-corrected chi connectivity index (χ2v) is 8.64. The molecule has 0 spiro atoms. The number of anilines is 1. The first kappa shape index (κ1) is 19.3. The minimum Gasteiger partial charge on any atom is -0.325 e. The van der Waals surface area contributed by atoms with E-state index >= 15 is 0 Å². The smallest absolute Gasteiger partial charge is 0.238 e. The third-order valence-corrected chi connectivity index (χ3v) is 5.97. The summed E-state index contributed by atoms with van der Waals surface area (Å²) in [4.78, 5) is 15.3. The Hall–Kier alpha value is -2.00. The molecule has 1 N–H and O–H groups in total. The van der Waals surface area contributed by atoms with E-state index in [1.165, 1.54) is 0 Å². The topological polar surface area (TPSA) is 55.1 Å². The molecule has 1 fully saturated rings. The van der Waals surface area contributed by atoms with Crippen LogP contribution in [0.25, 0.3) is 10.7 Å². The van der Waals surface area contributed by atoms with Gasteiger partial charge in [-0.05, 0) is 67.8 Å². The Morgan fingerprint density at radius 1 is 1.36 bits per heavy atom. The number of nitrogens with zero attached hydrogens (tertiary/aromatic N) is 4. The summed E-state index contributed by atoms with van der Waals surface area (Å²) in [5, 5.41) is 10.3. The summed E-state index contributed by atoms with van der Waals surface area (Å²) in [5.41, 5.74) is 0.720. The maximum Gasteiger partial charge on any atom is 0.238 e. The third-order valence-electron chi connectivity index (χ3n) is 4.44. The molecule has 0 saturated heterocycles. The normalized spacial score (nSPS) is 13.8. The van der Waals surface area contributed by atoms with E-state index in [0.717, 1.165) is 29.2 Å². The molecule has 0 atom stereocenters. The zero-order valence-corrected chi connectivity index (χ0v) is 17.7. The van der Waals surface area contributed by atoms with Gasteiger partial charge in [-0.3, -0.25) is 14.3 Å². The van der Waals surface area contributed by atoms with E-state index in [9.17, 15) is 4.79 Å². The number of carbonyl (C=O) groups excluding carboxylic acids is 1. The van der Waals surface area contributed by atoms with E-state index in [2.05, 4.69) is 16.0 Å². The van der Waals surface area contributed by atoms with Gasteiger partial charge in [0.1, 0.15) is 0 Å². The van der Waals surface area contributed by atoms with E-state index in [-0.39, 0.29) is 12.5 Å². The predicted octanol–water partition coefficient (Wildman–Crippen LogP) is 4.66. The SMILES string of the molecule is CN(CC(=O)Nc1ccc(Cl)cc1)Cn1nc(-c2cccs2)n(C2CC2)c1=S. The molecule has 9 heteroatoms. The van der Waals surface area contributed by atoms with Crippen molar-refractivity contribution in [1.82, 2.24) is 19.2 Å². The first-order chi connectivity index (χ1) is 13.5. The van der Waals surface area contributed by atoms with Crippen LogP contribution in [0, 0.1) is 4.77 Å². The van der Waals surface area contributed by atoms with Crippen molar-refractivity contribution in [3.8, 4) is 10.7 Å². The Morgan fingerprint density at radius 2 is 2.11 bits per heavy atom. The molecule has 1 aliphatic carbocycles. The van der Waals surface area contributed by atoms with Gasteiger partial charge in [0.2, 0.25) is 5.91 Å². The molecular weight excluding hydrogens is 414 g/mol. The van der Waals surface area contributed by atoms with Crippen molar-refractivity contribution in [2.24, 2.45) is 0 Å². The Balaban J connectivity index is 1.45. The van der Waals surface area contributed by atoms with Gasteiger partial charge in [0.05, 0.1) is 18.1 Å². The molecule has 1 amide bonds. The fraction of sp³-hybridized carbons (Fsp3) is 0.316. The van der Waals surface area contributed by atoms with Gasteiger partial charge in [-0.1, -0.05) is 17.7 Å². The molecule has 1 aliphatic rings. The van der Waals surface area contributed by atoms with E-state index < -0.39 is 0 Å². The second-order valence-electron chi connectivity index (χ2n) is 6.89. The van der Waals surface area contributed by atoms with Crippen LogP contribution >= 0.6 is 35.2 Å². The molecule has 2 heterocycles. The molecule has 3 aromatic rings. The van der Waals surface area contributed by atoms with Crippen LogP contribution in [0.3, 0.4) is 0 Å². The first-order valence-corrected chi connectivity index (χ1v) is 10.6. The lowest BCUT2D eigenvalue weighted by molar-refractivity contribution is -0.117. The highest BCUT2D eigenvalue weighted by atomic mass is 35.5. The van der Waals surface area contributed by atoms with Crippen molar-refractivity contribution in [2.45, 2.75) is 25.6 Å². The maximum absolute atomic E-state index is 12.3. The van der Waals surface area contributed by atoms with Crippen LogP contribution in [-0.4, -0.2) is 38.7 Å². The number of likely N-dealkylation sites (N-methyl/N-ethyl adjacent to an activating group) is 1. The van der Waals surface area contributed by atoms with Crippen LogP contribution in [0.15, 0.2) is 41.8 Å². The first-order valence-electron chi connectivity index (χ1n) is 8.98. The highest BCUT2D eigenvalue weighted by Gasteiger charge is 2.29. The average Bonchev–Trinajstić information content (AvgIpc) is 3.23. The van der Waals surface area contributed by atoms with Crippen molar-refractivity contribution in [1.29, 1.82) is 0 Å². The number of thiophene rings is 1. The van der Waals surface area contributed by atoms with Crippen molar-refractivity contribution >= 4 is 46.8 Å². The molecule has 0 radical (unpaired) electrons. The summed E-state index contributed by atoms with van der Waals surface area (Å²) in [7, 11) is 1.88. The maximum atomic E-state index is 12.3. The van der Waals surface area contributed by atoms with Crippen LogP contribution in [0.1, 0.15) is 18.9 Å². The van der Waals surface area contributed by atoms with E-state index in [1.54, 1.807) is 40.3 Å². The Labute approximate surface area is 177 Å². The summed E-state index contributed by atoms with van der Waals surface area (Å²) in [6.07, 6.45) is 2.27. The number of hydrogen-bond acceptors (Lipinski definition) is 5. The van der Waals surface area contributed by atoms with Crippen LogP contribution in [0.2, 0.25) is 5.02 Å². The van der Waals surface area contributed by atoms with Gasteiger partial charge in [0, 0.05) is 16.8 Å². The molecule has 4 rings (SSSR count). The van der Waals surface area contributed by atoms with E-state index in [4.69, 9.17) is 28.9 Å². The van der Waals surface area contributed by atoms with Gasteiger partial charge in [-0.25, -0.2) is 4.68 Å². The van der Waals surface area contributed by atoms with Gasteiger partial charge in [0.15, 0.2) is 10.6 Å². The summed E-state index contributed by atoms with van der Waals surface area (Å²) < 4.78 is 4.66. The lowest BCUT2D eigenvalue weighted by Crippen LogP contribution is -2.32. The number of nitrogens with one attached hydrogen (secondary N) is 1. The van der Waals surface area contributed by atoms with Crippen molar-refractivity contribution in [3.63, 3.8) is 0 Å². The zero-order valence-electron chi connectivity index (χ0n) is 15.3. The summed E-state index contributed by atoms with van der Waals surface area (Å²) in [6.45, 7) is 0.681. The third kappa shape index (κ3) is 4.35. The van der Waals surface area contributed by atoms with Gasteiger partial charge in [-0.15, -0.1) is 16.4 Å². The molecule has 2 aromatic heterocycles. The van der Waals surface area contributed by atoms with Crippen molar-refractivity contribution in [2.75, 3.05) is 18.9 Å². The second kappa shape index (κ2) is 8.16. The van der Waals surface area contributed by atoms with E-state index in [0.29, 0.717) is 22.5 Å². The summed E-state index contributed by atoms with van der Waals surface area (Å²) in [6, 6.07) is 11.6. The van der Waals surface area contributed by atoms with Crippen LogP contribution in [0.5, 0.6) is 0 Å². The molecule has 0 aliphatic heterocycles. The number of benzene rings is 1. The zero-order chi connectivity index (χ0) is 19.7. The van der Waals surface area contributed by atoms with Gasteiger partial charge < -0.3 is 5.32 Å². The molecule has 146 valence electrons. The molecular formula is C19H20ClN5OS2. The van der Waals surface area contributed by atoms with Crippen LogP contribution in [-0.2, 0) is 11.5 Å². The van der Waals surface area contributed by atoms with Gasteiger partial charge >= 0.3 is 0 Å². The number of halogens is 1. The van der Waals surface area contributed by atoms with Crippen molar-refractivity contribution in [3.05, 3.63) is 51.6 Å². The monoisotopic (exact) mass is 433 g/mol. The number of aromatic nitrogens is 3. The van der Waals surface area contributed by atoms with Crippen molar-refractivity contribution < 1.29 is 4.79 Å². The lowest BCUT2D eigenvalue weighted by atomic mass is 10.3. The molecule has 0 unspecified atom stereocenters. The summed E-state index contributed by atoms with van der Waals surface area (Å²) >= 11 is 13.2. The van der Waals surface area contributed by atoms with E-state index in [1.807, 2.05) is 23.4 Å². The Kier molecular flexibility index (Phi) is 5.63. The molecule has 6 nitrogen and oxygen atoms in total. The predicted molar refractivity (Wildman–Crippen MR) is 115 cm³/mol. The highest BCUT2D eigenvalue weighted by Crippen LogP contribution is 2.39. The number of rotatable bonds is 7. The Bertz CT molecular complexity index is 1020. The highest BCUT2D eigenvalue weighted by molar-refractivity contribution is 7.71. The quantitative estimate of drug-likeness (QED) is 0.550. The molecule has 28 heavy (non-hydrogen) atoms. The van der Waals surface area contributed by atoms with Gasteiger partial charge in [-0.2, -0.15) is 0 Å². The standard InChI is InChI=1S/C19H20ClN5OS2/c1-23(11-17(26)21-14-6-4-13(20)5-7-14)12-24-19(27)25(15-8-9-15)18(22-24)16-3-2-10-28-16/h2-7,10,15H,8-9,11-12H2,1H3,(H,21,26). The average molecular weight is 434 g/mol. The molecule has 1 saturated carbocycles. The lowest BCUT2D eigenvalue weighted by Gasteiger charge is -2.16.